The molecule has 78 valence electrons. The highest BCUT2D eigenvalue weighted by atomic mass is 79.9. The average molecular weight is 268 g/mol. The van der Waals surface area contributed by atoms with Gasteiger partial charge in [-0.05, 0) is 17.7 Å². The van der Waals surface area contributed by atoms with Crippen LogP contribution in [0.2, 0.25) is 0 Å². The van der Waals surface area contributed by atoms with Crippen LogP contribution in [0.15, 0.2) is 35.1 Å². The monoisotopic (exact) mass is 267 g/mol. The number of rotatable bonds is 3. The molecule has 2 aromatic rings. The second-order valence-corrected chi connectivity index (χ2v) is 4.13. The van der Waals surface area contributed by atoms with Gasteiger partial charge in [0.1, 0.15) is 12.4 Å². The second kappa shape index (κ2) is 4.55. The molecule has 0 amide bonds. The predicted octanol–water partition coefficient (Wildman–Crippen LogP) is 1.84. The molecule has 0 saturated carbocycles. The number of nitrogens with zero attached hydrogens (tertiary/aromatic N) is 2. The van der Waals surface area contributed by atoms with Crippen molar-refractivity contribution in [3.05, 3.63) is 46.5 Å². The van der Waals surface area contributed by atoms with E-state index < -0.39 is 6.10 Å². The van der Waals surface area contributed by atoms with Gasteiger partial charge in [0, 0.05) is 10.9 Å². The van der Waals surface area contributed by atoms with E-state index in [-0.39, 0.29) is 0 Å². The molecule has 0 radical (unpaired) electrons. The van der Waals surface area contributed by atoms with Gasteiger partial charge in [0.2, 0.25) is 0 Å². The molecular formula is C10H10BrN3O. The average Bonchev–Trinajstić information content (AvgIpc) is 2.74. The van der Waals surface area contributed by atoms with E-state index in [1.165, 1.54) is 6.33 Å². The molecule has 2 rings (SSSR count). The summed E-state index contributed by atoms with van der Waals surface area (Å²) in [5.74, 6) is 0.498. The minimum absolute atomic E-state index is 0.498. The van der Waals surface area contributed by atoms with Crippen molar-refractivity contribution in [3.63, 3.8) is 0 Å². The largest absolute Gasteiger partial charge is 0.385 e. The number of benzene rings is 1. The van der Waals surface area contributed by atoms with Crippen LogP contribution in [0.3, 0.4) is 0 Å². The molecule has 0 aliphatic heterocycles. The van der Waals surface area contributed by atoms with Crippen molar-refractivity contribution in [1.29, 1.82) is 0 Å². The van der Waals surface area contributed by atoms with Crippen LogP contribution in [0.25, 0.3) is 0 Å². The summed E-state index contributed by atoms with van der Waals surface area (Å²) in [6.45, 7) is 0. The zero-order valence-corrected chi connectivity index (χ0v) is 9.48. The SMILES string of the molecule is OC(Cc1ccc(Br)cc1)c1ncn[nH]1. The lowest BCUT2D eigenvalue weighted by molar-refractivity contribution is 0.169. The zero-order chi connectivity index (χ0) is 10.7. The Morgan fingerprint density at radius 3 is 2.67 bits per heavy atom. The fraction of sp³-hybridized carbons (Fsp3) is 0.200. The van der Waals surface area contributed by atoms with Crippen molar-refractivity contribution in [3.8, 4) is 0 Å². The lowest BCUT2D eigenvalue weighted by Crippen LogP contribution is -2.03. The number of hydrogen-bond acceptors (Lipinski definition) is 3. The van der Waals surface area contributed by atoms with Crippen LogP contribution in [0.5, 0.6) is 0 Å². The first-order valence-corrected chi connectivity index (χ1v) is 5.33. The van der Waals surface area contributed by atoms with Crippen molar-refractivity contribution >= 4 is 15.9 Å². The number of aromatic amines is 1. The summed E-state index contributed by atoms with van der Waals surface area (Å²) in [5.41, 5.74) is 1.06. The first kappa shape index (κ1) is 10.3. The maximum atomic E-state index is 9.79. The highest BCUT2D eigenvalue weighted by Crippen LogP contribution is 2.16. The minimum Gasteiger partial charge on any atom is -0.385 e. The number of aromatic nitrogens is 3. The third kappa shape index (κ3) is 2.64. The van der Waals surface area contributed by atoms with E-state index in [9.17, 15) is 5.11 Å². The van der Waals surface area contributed by atoms with Gasteiger partial charge in [-0.1, -0.05) is 28.1 Å². The molecule has 1 aromatic heterocycles. The number of H-pyrrole nitrogens is 1. The van der Waals surface area contributed by atoms with Crippen LogP contribution < -0.4 is 0 Å². The normalized spacial score (nSPS) is 12.7. The Morgan fingerprint density at radius 1 is 1.33 bits per heavy atom. The number of aliphatic hydroxyl groups is 1. The number of aliphatic hydroxyl groups excluding tert-OH is 1. The van der Waals surface area contributed by atoms with Crippen LogP contribution in [-0.4, -0.2) is 20.3 Å². The molecule has 0 aliphatic carbocycles. The van der Waals surface area contributed by atoms with E-state index in [1.54, 1.807) is 0 Å². The summed E-state index contributed by atoms with van der Waals surface area (Å²) in [4.78, 5) is 3.90. The molecule has 15 heavy (non-hydrogen) atoms. The van der Waals surface area contributed by atoms with E-state index in [0.717, 1.165) is 10.0 Å². The molecule has 0 fully saturated rings. The highest BCUT2D eigenvalue weighted by molar-refractivity contribution is 9.10. The standard InChI is InChI=1S/C10H10BrN3O/c11-8-3-1-7(2-4-8)5-9(15)10-12-6-13-14-10/h1-4,6,9,15H,5H2,(H,12,13,14). The van der Waals surface area contributed by atoms with Crippen molar-refractivity contribution in [2.24, 2.45) is 0 Å². The summed E-state index contributed by atoms with van der Waals surface area (Å²) < 4.78 is 1.03. The van der Waals surface area contributed by atoms with E-state index in [2.05, 4.69) is 31.1 Å². The molecule has 1 heterocycles. The topological polar surface area (TPSA) is 61.8 Å². The Labute approximate surface area is 95.5 Å². The van der Waals surface area contributed by atoms with E-state index in [4.69, 9.17) is 0 Å². The molecule has 1 aromatic carbocycles. The van der Waals surface area contributed by atoms with Gasteiger partial charge >= 0.3 is 0 Å². The highest BCUT2D eigenvalue weighted by Gasteiger charge is 2.10. The maximum absolute atomic E-state index is 9.79. The number of hydrogen-bond donors (Lipinski definition) is 2. The van der Waals surface area contributed by atoms with Crippen LogP contribution in [0, 0.1) is 0 Å². The van der Waals surface area contributed by atoms with E-state index in [1.807, 2.05) is 24.3 Å². The van der Waals surface area contributed by atoms with Gasteiger partial charge in [0.25, 0.3) is 0 Å². The molecule has 0 aliphatic rings. The molecule has 0 spiro atoms. The van der Waals surface area contributed by atoms with Crippen LogP contribution in [-0.2, 0) is 6.42 Å². The van der Waals surface area contributed by atoms with Crippen molar-refractivity contribution < 1.29 is 5.11 Å². The smallest absolute Gasteiger partial charge is 0.153 e. The first-order valence-electron chi connectivity index (χ1n) is 4.53. The van der Waals surface area contributed by atoms with Gasteiger partial charge in [-0.2, -0.15) is 5.10 Å². The van der Waals surface area contributed by atoms with Gasteiger partial charge in [0.15, 0.2) is 5.82 Å². The Hall–Kier alpha value is -1.20. The maximum Gasteiger partial charge on any atom is 0.153 e. The first-order chi connectivity index (χ1) is 7.25. The zero-order valence-electron chi connectivity index (χ0n) is 7.89. The lowest BCUT2D eigenvalue weighted by Gasteiger charge is -2.06. The van der Waals surface area contributed by atoms with Gasteiger partial charge in [-0.15, -0.1) is 0 Å². The third-order valence-corrected chi connectivity index (χ3v) is 2.62. The van der Waals surface area contributed by atoms with Crippen molar-refractivity contribution in [1.82, 2.24) is 15.2 Å². The van der Waals surface area contributed by atoms with Crippen LogP contribution >= 0.6 is 15.9 Å². The third-order valence-electron chi connectivity index (χ3n) is 2.09. The number of halogens is 1. The van der Waals surface area contributed by atoms with E-state index >= 15 is 0 Å². The summed E-state index contributed by atoms with van der Waals surface area (Å²) in [5, 5.41) is 16.1. The Bertz CT molecular complexity index is 413. The van der Waals surface area contributed by atoms with Crippen LogP contribution in [0.4, 0.5) is 0 Å². The Morgan fingerprint density at radius 2 is 2.07 bits per heavy atom. The minimum atomic E-state index is -0.631. The predicted molar refractivity (Wildman–Crippen MR) is 59.2 cm³/mol. The van der Waals surface area contributed by atoms with Gasteiger partial charge in [0.05, 0.1) is 0 Å². The molecule has 2 N–H and O–H groups in total. The van der Waals surface area contributed by atoms with Gasteiger partial charge < -0.3 is 5.11 Å². The Kier molecular flexibility index (Phi) is 3.13. The van der Waals surface area contributed by atoms with E-state index in [0.29, 0.717) is 12.2 Å². The van der Waals surface area contributed by atoms with Gasteiger partial charge in [-0.3, -0.25) is 5.10 Å². The summed E-state index contributed by atoms with van der Waals surface area (Å²) >= 11 is 3.36. The quantitative estimate of drug-likeness (QED) is 0.892. The van der Waals surface area contributed by atoms with Crippen molar-refractivity contribution in [2.75, 3.05) is 0 Å². The molecule has 0 saturated heterocycles. The molecule has 4 nitrogen and oxygen atoms in total. The fourth-order valence-corrected chi connectivity index (χ4v) is 1.58. The molecule has 1 unspecified atom stereocenters. The summed E-state index contributed by atoms with van der Waals surface area (Å²) in [6.07, 6.45) is 1.29. The molecule has 1 atom stereocenters. The lowest BCUT2D eigenvalue weighted by atomic mass is 10.1. The second-order valence-electron chi connectivity index (χ2n) is 3.22. The van der Waals surface area contributed by atoms with Crippen molar-refractivity contribution in [2.45, 2.75) is 12.5 Å². The molecule has 0 bridgehead atoms. The number of nitrogens with one attached hydrogen (secondary N) is 1. The molecular weight excluding hydrogens is 258 g/mol. The summed E-state index contributed by atoms with van der Waals surface area (Å²) in [7, 11) is 0. The van der Waals surface area contributed by atoms with Crippen LogP contribution in [0.1, 0.15) is 17.5 Å². The Balaban J connectivity index is 2.06. The fourth-order valence-electron chi connectivity index (χ4n) is 1.32. The molecule has 5 heteroatoms. The summed E-state index contributed by atoms with van der Waals surface area (Å²) in [6, 6.07) is 7.82. The van der Waals surface area contributed by atoms with Gasteiger partial charge in [-0.25, -0.2) is 4.98 Å².